The van der Waals surface area contributed by atoms with Crippen LogP contribution in [0.4, 0.5) is 0 Å². The summed E-state index contributed by atoms with van der Waals surface area (Å²) in [5.74, 6) is 0.356. The maximum absolute atomic E-state index is 4.06. The molecule has 13 heavy (non-hydrogen) atoms. The van der Waals surface area contributed by atoms with Crippen molar-refractivity contribution in [1.82, 2.24) is 0 Å². The van der Waals surface area contributed by atoms with Gasteiger partial charge >= 0.3 is 0 Å². The topological polar surface area (TPSA) is 0 Å². The minimum atomic E-state index is 0.356. The van der Waals surface area contributed by atoms with Gasteiger partial charge in [0.05, 0.1) is 0 Å². The monoisotopic (exact) mass is 173 g/mol. The number of hydrogen-bond donors (Lipinski definition) is 0. The van der Waals surface area contributed by atoms with E-state index in [2.05, 4.69) is 45.5 Å². The molecule has 0 aromatic heterocycles. The Morgan fingerprint density at radius 1 is 1.46 bits per heavy atom. The highest BCUT2D eigenvalue weighted by Crippen LogP contribution is 2.23. The first-order valence-corrected chi connectivity index (χ1v) is 4.78. The summed E-state index contributed by atoms with van der Waals surface area (Å²) in [5, 5.41) is 0. The van der Waals surface area contributed by atoms with Gasteiger partial charge in [0.25, 0.3) is 0 Å². The zero-order valence-corrected chi connectivity index (χ0v) is 8.51. The third-order valence-corrected chi connectivity index (χ3v) is 2.35. The van der Waals surface area contributed by atoms with Crippen LogP contribution in [0.5, 0.6) is 0 Å². The van der Waals surface area contributed by atoms with Crippen molar-refractivity contribution in [1.29, 1.82) is 0 Å². The van der Waals surface area contributed by atoms with E-state index in [9.17, 15) is 0 Å². The molecule has 0 saturated carbocycles. The lowest BCUT2D eigenvalue weighted by Crippen LogP contribution is -1.97. The zero-order valence-electron chi connectivity index (χ0n) is 8.51. The van der Waals surface area contributed by atoms with E-state index >= 15 is 0 Å². The van der Waals surface area contributed by atoms with Crippen LogP contribution in [0.1, 0.15) is 36.5 Å². The summed E-state index contributed by atoms with van der Waals surface area (Å²) in [6, 6.07) is 6.34. The van der Waals surface area contributed by atoms with Crippen molar-refractivity contribution in [3.63, 3.8) is 0 Å². The van der Waals surface area contributed by atoms with Crippen molar-refractivity contribution in [2.75, 3.05) is 0 Å². The summed E-state index contributed by atoms with van der Waals surface area (Å²) in [4.78, 5) is 0. The average Bonchev–Trinajstić information content (AvgIpc) is 2.16. The molecular formula is C13H17. The van der Waals surface area contributed by atoms with Crippen molar-refractivity contribution < 1.29 is 0 Å². The fraction of sp³-hybridized carbons (Fsp3) is 0.308. The highest BCUT2D eigenvalue weighted by Gasteiger charge is 2.06. The van der Waals surface area contributed by atoms with Gasteiger partial charge in [-0.15, -0.1) is 0 Å². The van der Waals surface area contributed by atoms with Crippen LogP contribution in [0.3, 0.4) is 0 Å². The molecule has 0 spiro atoms. The molecule has 0 N–H and O–H groups in total. The van der Waals surface area contributed by atoms with Crippen molar-refractivity contribution in [3.05, 3.63) is 48.4 Å². The highest BCUT2D eigenvalue weighted by molar-refractivity contribution is 5.55. The van der Waals surface area contributed by atoms with Crippen molar-refractivity contribution in [3.8, 4) is 0 Å². The maximum atomic E-state index is 4.06. The molecule has 1 rings (SSSR count). The van der Waals surface area contributed by atoms with Crippen molar-refractivity contribution in [2.24, 2.45) is 0 Å². The Hall–Kier alpha value is -1.04. The second-order valence-corrected chi connectivity index (χ2v) is 3.37. The Morgan fingerprint density at radius 2 is 2.15 bits per heavy atom. The van der Waals surface area contributed by atoms with E-state index in [4.69, 9.17) is 0 Å². The summed E-state index contributed by atoms with van der Waals surface area (Å²) in [7, 11) is 0. The molecule has 1 radical (unpaired) electrons. The van der Waals surface area contributed by atoms with E-state index < -0.39 is 0 Å². The minimum absolute atomic E-state index is 0.356. The highest BCUT2D eigenvalue weighted by atomic mass is 14.1. The van der Waals surface area contributed by atoms with Crippen molar-refractivity contribution >= 4 is 6.08 Å². The Morgan fingerprint density at radius 3 is 2.62 bits per heavy atom. The Kier molecular flexibility index (Phi) is 3.30. The van der Waals surface area contributed by atoms with Crippen LogP contribution in [0.15, 0.2) is 24.8 Å². The third kappa shape index (κ3) is 2.00. The van der Waals surface area contributed by atoms with Crippen LogP contribution in [-0.2, 0) is 6.42 Å². The third-order valence-electron chi connectivity index (χ3n) is 2.35. The second kappa shape index (κ2) is 4.27. The fourth-order valence-corrected chi connectivity index (χ4v) is 1.68. The van der Waals surface area contributed by atoms with E-state index in [1.165, 1.54) is 16.7 Å². The first-order chi connectivity index (χ1) is 6.20. The zero-order chi connectivity index (χ0) is 9.84. The molecule has 0 aliphatic rings. The molecule has 1 atom stereocenters. The minimum Gasteiger partial charge on any atom is -0.0985 e. The van der Waals surface area contributed by atoms with Crippen LogP contribution in [0.2, 0.25) is 0 Å². The standard InChI is InChI=1S/C13H17/c1-5-11-8-7-9-13(10(3)4)12(11)6-2/h5,7-10H,1,3,6H2,2,4H3. The largest absolute Gasteiger partial charge is 0.0985 e. The van der Waals surface area contributed by atoms with Crippen LogP contribution in [0, 0.1) is 6.92 Å². The molecule has 1 unspecified atom stereocenters. The molecule has 1 aromatic carbocycles. The summed E-state index contributed by atoms with van der Waals surface area (Å²) < 4.78 is 0. The number of rotatable bonds is 3. The lowest BCUT2D eigenvalue weighted by atomic mass is 9.92. The van der Waals surface area contributed by atoms with Crippen molar-refractivity contribution in [2.45, 2.75) is 26.2 Å². The van der Waals surface area contributed by atoms with E-state index in [1.54, 1.807) is 0 Å². The summed E-state index contributed by atoms with van der Waals surface area (Å²) >= 11 is 0. The quantitative estimate of drug-likeness (QED) is 0.651. The van der Waals surface area contributed by atoms with Gasteiger partial charge in [-0.3, -0.25) is 0 Å². The molecule has 0 amide bonds. The summed E-state index contributed by atoms with van der Waals surface area (Å²) in [6.07, 6.45) is 2.97. The molecular weight excluding hydrogens is 156 g/mol. The second-order valence-electron chi connectivity index (χ2n) is 3.37. The lowest BCUT2D eigenvalue weighted by Gasteiger charge is -2.13. The van der Waals surface area contributed by atoms with Gasteiger partial charge in [0, 0.05) is 0 Å². The molecule has 0 aliphatic carbocycles. The Balaban J connectivity index is 3.26. The summed E-state index contributed by atoms with van der Waals surface area (Å²) in [6.45, 7) is 12.2. The van der Waals surface area contributed by atoms with Gasteiger partial charge in [-0.2, -0.15) is 0 Å². The fourth-order valence-electron chi connectivity index (χ4n) is 1.68. The number of benzene rings is 1. The van der Waals surface area contributed by atoms with E-state index in [0.717, 1.165) is 6.42 Å². The first-order valence-electron chi connectivity index (χ1n) is 4.78. The lowest BCUT2D eigenvalue weighted by molar-refractivity contribution is 0.924. The van der Waals surface area contributed by atoms with Gasteiger partial charge < -0.3 is 0 Å². The smallest absolute Gasteiger partial charge is 0.0187 e. The van der Waals surface area contributed by atoms with Gasteiger partial charge in [0.15, 0.2) is 0 Å². The molecule has 0 saturated heterocycles. The predicted molar refractivity (Wildman–Crippen MR) is 59.7 cm³/mol. The Bertz CT molecular complexity index is 295. The van der Waals surface area contributed by atoms with E-state index in [-0.39, 0.29) is 0 Å². The Labute approximate surface area is 81.3 Å². The molecule has 0 heterocycles. The molecule has 0 heteroatoms. The SMILES string of the molecule is [CH2]C(C)c1cccc(C=C)c1CC. The predicted octanol–water partition coefficient (Wildman–Crippen LogP) is 3.83. The molecule has 1 aromatic rings. The first kappa shape index (κ1) is 10.0. The molecule has 69 valence electrons. The van der Waals surface area contributed by atoms with Crippen LogP contribution in [-0.4, -0.2) is 0 Å². The van der Waals surface area contributed by atoms with Crippen LogP contribution >= 0.6 is 0 Å². The summed E-state index contributed by atoms with van der Waals surface area (Å²) in [5.41, 5.74) is 3.98. The molecule has 0 fully saturated rings. The van der Waals surface area contributed by atoms with Gasteiger partial charge in [0.1, 0.15) is 0 Å². The van der Waals surface area contributed by atoms with E-state index in [0.29, 0.717) is 5.92 Å². The van der Waals surface area contributed by atoms with Gasteiger partial charge in [-0.1, -0.05) is 44.7 Å². The molecule has 0 nitrogen and oxygen atoms in total. The maximum Gasteiger partial charge on any atom is -0.0187 e. The van der Waals surface area contributed by atoms with Crippen LogP contribution in [0.25, 0.3) is 6.08 Å². The molecule has 0 bridgehead atoms. The van der Waals surface area contributed by atoms with E-state index in [1.807, 2.05) is 6.08 Å². The average molecular weight is 173 g/mol. The normalized spacial score (nSPS) is 10.5. The van der Waals surface area contributed by atoms with Gasteiger partial charge in [0.2, 0.25) is 0 Å². The molecule has 0 aliphatic heterocycles. The number of hydrogen-bond acceptors (Lipinski definition) is 0. The van der Waals surface area contributed by atoms with Crippen LogP contribution < -0.4 is 0 Å². The van der Waals surface area contributed by atoms with Gasteiger partial charge in [-0.25, -0.2) is 0 Å². The van der Waals surface area contributed by atoms with Gasteiger partial charge in [-0.05, 0) is 36.0 Å².